The van der Waals surface area contributed by atoms with E-state index in [2.05, 4.69) is 10.3 Å². The fourth-order valence-electron chi connectivity index (χ4n) is 3.42. The van der Waals surface area contributed by atoms with Gasteiger partial charge in [0.15, 0.2) is 0 Å². The summed E-state index contributed by atoms with van der Waals surface area (Å²) in [4.78, 5) is 28.3. The van der Waals surface area contributed by atoms with Crippen molar-refractivity contribution < 1.29 is 9.59 Å². The van der Waals surface area contributed by atoms with Crippen LogP contribution in [0, 0.1) is 0 Å². The van der Waals surface area contributed by atoms with Crippen molar-refractivity contribution in [3.05, 3.63) is 71.2 Å². The van der Waals surface area contributed by atoms with Crippen LogP contribution in [0.2, 0.25) is 0 Å². The maximum atomic E-state index is 12.6. The largest absolute Gasteiger partial charge is 0.361 e. The third kappa shape index (κ3) is 1.99. The minimum Gasteiger partial charge on any atom is -0.361 e. The molecule has 1 aliphatic heterocycles. The summed E-state index contributed by atoms with van der Waals surface area (Å²) in [5.74, 6) is -0.686. The van der Waals surface area contributed by atoms with Crippen molar-refractivity contribution in [3.8, 4) is 0 Å². The number of aromatic nitrogens is 1. The number of amides is 2. The highest BCUT2D eigenvalue weighted by molar-refractivity contribution is 7.17. The van der Waals surface area contributed by atoms with Crippen LogP contribution in [-0.4, -0.2) is 16.8 Å². The Morgan fingerprint density at radius 1 is 0.760 bits per heavy atom. The van der Waals surface area contributed by atoms with Crippen LogP contribution in [0.1, 0.15) is 11.1 Å². The number of carbonyl (C=O) groups is 2. The standard InChI is InChI=1S/C20H12N2O2S/c23-19-17(13-9-21-15-7-3-1-5-11(13)15)18(20(24)22-19)14-10-25-16-8-4-2-6-12(14)16/h1-10,21H,(H,22,23,24). The monoisotopic (exact) mass is 344 g/mol. The molecule has 0 spiro atoms. The van der Waals surface area contributed by atoms with Gasteiger partial charge in [0.1, 0.15) is 0 Å². The average molecular weight is 344 g/mol. The molecule has 0 atom stereocenters. The highest BCUT2D eigenvalue weighted by Crippen LogP contribution is 2.39. The molecule has 4 nitrogen and oxygen atoms in total. The van der Waals surface area contributed by atoms with E-state index in [1.807, 2.05) is 53.9 Å². The fraction of sp³-hybridized carbons (Fsp3) is 0. The Hall–Kier alpha value is -3.18. The van der Waals surface area contributed by atoms with Gasteiger partial charge < -0.3 is 4.98 Å². The predicted octanol–water partition coefficient (Wildman–Crippen LogP) is 3.95. The second-order valence-corrected chi connectivity index (χ2v) is 6.84. The van der Waals surface area contributed by atoms with Gasteiger partial charge in [-0.3, -0.25) is 14.9 Å². The van der Waals surface area contributed by atoms with Gasteiger partial charge in [-0.1, -0.05) is 36.4 Å². The third-order valence-electron chi connectivity index (χ3n) is 4.54. The second kappa shape index (κ2) is 5.16. The van der Waals surface area contributed by atoms with Crippen LogP contribution in [0.5, 0.6) is 0 Å². The van der Waals surface area contributed by atoms with E-state index < -0.39 is 0 Å². The summed E-state index contributed by atoms with van der Waals surface area (Å²) in [7, 11) is 0. The number of carbonyl (C=O) groups excluding carboxylic acids is 2. The Morgan fingerprint density at radius 2 is 1.44 bits per heavy atom. The summed E-state index contributed by atoms with van der Waals surface area (Å²) >= 11 is 1.57. The minimum absolute atomic E-state index is 0.339. The molecule has 3 heterocycles. The summed E-state index contributed by atoms with van der Waals surface area (Å²) < 4.78 is 1.09. The fourth-order valence-corrected chi connectivity index (χ4v) is 4.37. The Balaban J connectivity index is 1.85. The van der Waals surface area contributed by atoms with Crippen LogP contribution >= 0.6 is 11.3 Å². The molecule has 1 aliphatic rings. The number of imide groups is 1. The summed E-state index contributed by atoms with van der Waals surface area (Å²) in [5, 5.41) is 6.33. The molecule has 25 heavy (non-hydrogen) atoms. The summed E-state index contributed by atoms with van der Waals surface area (Å²) in [6.45, 7) is 0. The van der Waals surface area contributed by atoms with Crippen molar-refractivity contribution in [1.82, 2.24) is 10.3 Å². The van der Waals surface area contributed by atoms with Crippen LogP contribution in [-0.2, 0) is 9.59 Å². The van der Waals surface area contributed by atoms with Crippen molar-refractivity contribution in [1.29, 1.82) is 0 Å². The Kier molecular flexibility index (Phi) is 2.93. The Bertz CT molecular complexity index is 1120. The molecule has 2 aromatic heterocycles. The smallest absolute Gasteiger partial charge is 0.259 e. The SMILES string of the molecule is O=C1NC(=O)C(c2csc3ccccc23)=C1c1c[nH]c2ccccc12. The molecule has 2 amide bonds. The van der Waals surface area contributed by atoms with Crippen molar-refractivity contribution in [2.24, 2.45) is 0 Å². The zero-order valence-corrected chi connectivity index (χ0v) is 13.8. The molecule has 0 saturated carbocycles. The van der Waals surface area contributed by atoms with Gasteiger partial charge in [-0.25, -0.2) is 0 Å². The number of hydrogen-bond acceptors (Lipinski definition) is 3. The van der Waals surface area contributed by atoms with Crippen LogP contribution in [0.4, 0.5) is 0 Å². The van der Waals surface area contributed by atoms with E-state index in [0.29, 0.717) is 11.1 Å². The molecule has 5 heteroatoms. The quantitative estimate of drug-likeness (QED) is 0.541. The lowest BCUT2D eigenvalue weighted by Gasteiger charge is -2.03. The summed E-state index contributed by atoms with van der Waals surface area (Å²) in [5.41, 5.74) is 3.39. The molecule has 0 bridgehead atoms. The number of H-pyrrole nitrogens is 1. The van der Waals surface area contributed by atoms with Crippen molar-refractivity contribution in [3.63, 3.8) is 0 Å². The lowest BCUT2D eigenvalue weighted by molar-refractivity contribution is -0.122. The molecule has 2 aromatic carbocycles. The maximum Gasteiger partial charge on any atom is 0.259 e. The lowest BCUT2D eigenvalue weighted by Crippen LogP contribution is -2.22. The molecular formula is C20H12N2O2S. The van der Waals surface area contributed by atoms with E-state index >= 15 is 0 Å². The zero-order chi connectivity index (χ0) is 17.0. The van der Waals surface area contributed by atoms with Crippen molar-refractivity contribution in [2.45, 2.75) is 0 Å². The number of benzene rings is 2. The van der Waals surface area contributed by atoms with E-state index in [1.165, 1.54) is 0 Å². The molecule has 5 rings (SSSR count). The average Bonchev–Trinajstić information content (AvgIpc) is 3.30. The Morgan fingerprint density at radius 3 is 2.28 bits per heavy atom. The van der Waals surface area contributed by atoms with Crippen LogP contribution < -0.4 is 5.32 Å². The number of thiophene rings is 1. The van der Waals surface area contributed by atoms with Gasteiger partial charge in [0.05, 0.1) is 11.1 Å². The van der Waals surface area contributed by atoms with Crippen LogP contribution in [0.3, 0.4) is 0 Å². The minimum atomic E-state index is -0.347. The van der Waals surface area contributed by atoms with Crippen LogP contribution in [0.25, 0.3) is 32.1 Å². The van der Waals surface area contributed by atoms with Crippen molar-refractivity contribution in [2.75, 3.05) is 0 Å². The molecule has 0 fully saturated rings. The lowest BCUT2D eigenvalue weighted by atomic mass is 9.95. The zero-order valence-electron chi connectivity index (χ0n) is 13.0. The first-order chi connectivity index (χ1) is 12.2. The van der Waals surface area contributed by atoms with Gasteiger partial charge in [0.2, 0.25) is 0 Å². The van der Waals surface area contributed by atoms with Gasteiger partial charge in [-0.05, 0) is 12.1 Å². The van der Waals surface area contributed by atoms with E-state index in [-0.39, 0.29) is 11.8 Å². The van der Waals surface area contributed by atoms with Gasteiger partial charge in [0.25, 0.3) is 11.8 Å². The highest BCUT2D eigenvalue weighted by Gasteiger charge is 2.34. The first-order valence-electron chi connectivity index (χ1n) is 7.87. The number of hydrogen-bond donors (Lipinski definition) is 2. The van der Waals surface area contributed by atoms with Gasteiger partial charge in [0, 0.05) is 43.7 Å². The molecular weight excluding hydrogens is 332 g/mol. The number of fused-ring (bicyclic) bond motifs is 2. The number of nitrogens with one attached hydrogen (secondary N) is 2. The Labute approximate surface area is 146 Å². The first kappa shape index (κ1) is 14.2. The molecule has 120 valence electrons. The molecule has 4 aromatic rings. The molecule has 0 radical (unpaired) electrons. The number of rotatable bonds is 2. The van der Waals surface area contributed by atoms with E-state index in [0.717, 1.165) is 32.1 Å². The predicted molar refractivity (Wildman–Crippen MR) is 100 cm³/mol. The highest BCUT2D eigenvalue weighted by atomic mass is 32.1. The molecule has 2 N–H and O–H groups in total. The van der Waals surface area contributed by atoms with Gasteiger partial charge in [-0.2, -0.15) is 0 Å². The second-order valence-electron chi connectivity index (χ2n) is 5.93. The van der Waals surface area contributed by atoms with Gasteiger partial charge in [-0.15, -0.1) is 11.3 Å². The van der Waals surface area contributed by atoms with E-state index in [4.69, 9.17) is 0 Å². The summed E-state index contributed by atoms with van der Waals surface area (Å²) in [6, 6.07) is 15.7. The molecule has 0 unspecified atom stereocenters. The number of aromatic amines is 1. The third-order valence-corrected chi connectivity index (χ3v) is 5.50. The number of para-hydroxylation sites is 1. The van der Waals surface area contributed by atoms with Crippen molar-refractivity contribution >= 4 is 55.3 Å². The first-order valence-corrected chi connectivity index (χ1v) is 8.75. The topological polar surface area (TPSA) is 62.0 Å². The normalized spacial score (nSPS) is 14.7. The molecule has 0 aliphatic carbocycles. The van der Waals surface area contributed by atoms with Crippen LogP contribution in [0.15, 0.2) is 60.1 Å². The molecule has 0 saturated heterocycles. The van der Waals surface area contributed by atoms with E-state index in [9.17, 15) is 9.59 Å². The maximum absolute atomic E-state index is 12.6. The van der Waals surface area contributed by atoms with Gasteiger partial charge >= 0.3 is 0 Å². The van der Waals surface area contributed by atoms with E-state index in [1.54, 1.807) is 17.5 Å². The summed E-state index contributed by atoms with van der Waals surface area (Å²) in [6.07, 6.45) is 1.80.